The Morgan fingerprint density at radius 2 is 1.66 bits per heavy atom. The van der Waals surface area contributed by atoms with Crippen molar-refractivity contribution in [2.75, 3.05) is 20.3 Å². The summed E-state index contributed by atoms with van der Waals surface area (Å²) in [6.45, 7) is 6.85. The topological polar surface area (TPSA) is 97.5 Å². The van der Waals surface area contributed by atoms with Gasteiger partial charge in [0.05, 0.1) is 32.4 Å². The molecule has 35 heavy (non-hydrogen) atoms. The molecule has 0 aliphatic carbocycles. The highest BCUT2D eigenvalue weighted by Crippen LogP contribution is 2.31. The van der Waals surface area contributed by atoms with Gasteiger partial charge in [-0.05, 0) is 39.0 Å². The Labute approximate surface area is 203 Å². The van der Waals surface area contributed by atoms with E-state index in [9.17, 15) is 9.59 Å². The summed E-state index contributed by atoms with van der Waals surface area (Å²) >= 11 is 0. The van der Waals surface area contributed by atoms with Gasteiger partial charge < -0.3 is 18.8 Å². The highest BCUT2D eigenvalue weighted by molar-refractivity contribution is 6.06. The van der Waals surface area contributed by atoms with E-state index in [2.05, 4.69) is 10.3 Å². The molecule has 182 valence electrons. The summed E-state index contributed by atoms with van der Waals surface area (Å²) in [5, 5.41) is 9.15. The summed E-state index contributed by atoms with van der Waals surface area (Å²) in [7, 11) is 1.59. The molecule has 4 aromatic rings. The minimum absolute atomic E-state index is 0.170. The van der Waals surface area contributed by atoms with Crippen LogP contribution in [0.5, 0.6) is 5.75 Å². The van der Waals surface area contributed by atoms with E-state index >= 15 is 0 Å². The zero-order chi connectivity index (χ0) is 24.9. The van der Waals surface area contributed by atoms with Crippen molar-refractivity contribution in [2.24, 2.45) is 0 Å². The van der Waals surface area contributed by atoms with Gasteiger partial charge in [-0.15, -0.1) is 5.10 Å². The molecule has 0 atom stereocenters. The molecule has 0 unspecified atom stereocenters. The molecule has 2 heterocycles. The second-order valence-electron chi connectivity index (χ2n) is 7.81. The standard InChI is InChI=1S/C26H28N4O5/c1-5-34-25(31)22-17(3)29(21-13-12-19(33-4)16-20(21)22)14-15-30-24(18-10-8-7-9-11-18)23(27-28-30)26(32)35-6-2/h7-13,16H,5-6,14-15H2,1-4H3. The second-order valence-corrected chi connectivity index (χ2v) is 7.81. The summed E-state index contributed by atoms with van der Waals surface area (Å²) in [4.78, 5) is 25.3. The fraction of sp³-hybridized carbons (Fsp3) is 0.308. The zero-order valence-electron chi connectivity index (χ0n) is 20.3. The van der Waals surface area contributed by atoms with E-state index in [-0.39, 0.29) is 24.9 Å². The molecule has 0 radical (unpaired) electrons. The van der Waals surface area contributed by atoms with E-state index in [0.29, 0.717) is 30.1 Å². The summed E-state index contributed by atoms with van der Waals surface area (Å²) < 4.78 is 19.6. The lowest BCUT2D eigenvalue weighted by Crippen LogP contribution is -2.13. The number of nitrogens with zero attached hydrogens (tertiary/aromatic N) is 4. The lowest BCUT2D eigenvalue weighted by Gasteiger charge is -2.12. The van der Waals surface area contributed by atoms with Crippen molar-refractivity contribution in [1.82, 2.24) is 19.6 Å². The van der Waals surface area contributed by atoms with Crippen LogP contribution in [0.1, 0.15) is 40.4 Å². The van der Waals surface area contributed by atoms with Crippen LogP contribution in [0.25, 0.3) is 22.2 Å². The number of aryl methyl sites for hydroxylation is 2. The zero-order valence-corrected chi connectivity index (χ0v) is 20.3. The van der Waals surface area contributed by atoms with Crippen molar-refractivity contribution in [3.8, 4) is 17.0 Å². The van der Waals surface area contributed by atoms with Crippen LogP contribution in [-0.4, -0.2) is 51.8 Å². The maximum atomic E-state index is 12.8. The average molecular weight is 477 g/mol. The van der Waals surface area contributed by atoms with E-state index < -0.39 is 5.97 Å². The normalized spacial score (nSPS) is 11.0. The number of carbonyl (C=O) groups excluding carboxylic acids is 2. The highest BCUT2D eigenvalue weighted by Gasteiger charge is 2.24. The number of carbonyl (C=O) groups is 2. The molecule has 0 aliphatic rings. The minimum atomic E-state index is -0.517. The highest BCUT2D eigenvalue weighted by atomic mass is 16.5. The van der Waals surface area contributed by atoms with Gasteiger partial charge in [-0.2, -0.15) is 0 Å². The number of esters is 2. The van der Waals surface area contributed by atoms with Crippen molar-refractivity contribution in [2.45, 2.75) is 33.9 Å². The van der Waals surface area contributed by atoms with Crippen LogP contribution in [0.15, 0.2) is 48.5 Å². The van der Waals surface area contributed by atoms with Gasteiger partial charge in [0.2, 0.25) is 0 Å². The van der Waals surface area contributed by atoms with Gasteiger partial charge in [-0.1, -0.05) is 35.5 Å². The molecule has 0 saturated heterocycles. The van der Waals surface area contributed by atoms with Crippen molar-refractivity contribution in [1.29, 1.82) is 0 Å². The van der Waals surface area contributed by atoms with E-state index in [4.69, 9.17) is 14.2 Å². The Balaban J connectivity index is 1.75. The quantitative estimate of drug-likeness (QED) is 0.333. The smallest absolute Gasteiger partial charge is 0.361 e. The number of hydrogen-bond donors (Lipinski definition) is 0. The Kier molecular flexibility index (Phi) is 7.14. The molecule has 0 saturated carbocycles. The molecule has 0 amide bonds. The predicted molar refractivity (Wildman–Crippen MR) is 131 cm³/mol. The van der Waals surface area contributed by atoms with E-state index in [1.165, 1.54) is 0 Å². The number of fused-ring (bicyclic) bond motifs is 1. The molecule has 0 bridgehead atoms. The van der Waals surface area contributed by atoms with Gasteiger partial charge in [0.25, 0.3) is 0 Å². The van der Waals surface area contributed by atoms with Gasteiger partial charge in [0, 0.05) is 28.7 Å². The first-order valence-corrected chi connectivity index (χ1v) is 11.5. The van der Waals surface area contributed by atoms with Crippen molar-refractivity contribution >= 4 is 22.8 Å². The molecule has 0 fully saturated rings. The van der Waals surface area contributed by atoms with Gasteiger partial charge in [0.15, 0.2) is 5.69 Å². The molecular weight excluding hydrogens is 448 g/mol. The molecular formula is C26H28N4O5. The third-order valence-corrected chi connectivity index (χ3v) is 5.80. The third kappa shape index (κ3) is 4.62. The number of benzene rings is 2. The maximum absolute atomic E-state index is 12.8. The van der Waals surface area contributed by atoms with E-state index in [1.54, 1.807) is 25.6 Å². The van der Waals surface area contributed by atoms with Crippen LogP contribution in [0, 0.1) is 6.92 Å². The first-order valence-electron chi connectivity index (χ1n) is 11.5. The molecule has 2 aromatic heterocycles. The number of rotatable bonds is 9. The van der Waals surface area contributed by atoms with Gasteiger partial charge in [-0.25, -0.2) is 14.3 Å². The first-order chi connectivity index (χ1) is 17.0. The van der Waals surface area contributed by atoms with Crippen LogP contribution in [0.2, 0.25) is 0 Å². The maximum Gasteiger partial charge on any atom is 0.361 e. The molecule has 2 aromatic carbocycles. The second kappa shape index (κ2) is 10.4. The lowest BCUT2D eigenvalue weighted by atomic mass is 10.1. The molecule has 9 nitrogen and oxygen atoms in total. The van der Waals surface area contributed by atoms with Gasteiger partial charge in [0.1, 0.15) is 11.4 Å². The molecule has 4 rings (SSSR count). The van der Waals surface area contributed by atoms with Crippen LogP contribution < -0.4 is 4.74 Å². The number of aromatic nitrogens is 4. The van der Waals surface area contributed by atoms with E-state index in [0.717, 1.165) is 22.2 Å². The van der Waals surface area contributed by atoms with Gasteiger partial charge >= 0.3 is 11.9 Å². The Bertz CT molecular complexity index is 1360. The number of ether oxygens (including phenoxy) is 3. The van der Waals surface area contributed by atoms with Crippen LogP contribution in [0.3, 0.4) is 0 Å². The van der Waals surface area contributed by atoms with Crippen molar-refractivity contribution in [3.05, 3.63) is 65.5 Å². The fourth-order valence-corrected chi connectivity index (χ4v) is 4.22. The molecule has 9 heteroatoms. The Morgan fingerprint density at radius 1 is 0.943 bits per heavy atom. The van der Waals surface area contributed by atoms with Crippen LogP contribution in [0.4, 0.5) is 0 Å². The van der Waals surface area contributed by atoms with E-state index in [1.807, 2.05) is 60.0 Å². The third-order valence-electron chi connectivity index (χ3n) is 5.80. The largest absolute Gasteiger partial charge is 0.497 e. The summed E-state index contributed by atoms with van der Waals surface area (Å²) in [6.07, 6.45) is 0. The lowest BCUT2D eigenvalue weighted by molar-refractivity contribution is 0.0513. The minimum Gasteiger partial charge on any atom is -0.497 e. The van der Waals surface area contributed by atoms with Crippen molar-refractivity contribution in [3.63, 3.8) is 0 Å². The van der Waals surface area contributed by atoms with Crippen LogP contribution >= 0.6 is 0 Å². The Morgan fingerprint density at radius 3 is 2.34 bits per heavy atom. The van der Waals surface area contributed by atoms with Crippen molar-refractivity contribution < 1.29 is 23.8 Å². The Hall–Kier alpha value is -4.14. The fourth-order valence-electron chi connectivity index (χ4n) is 4.22. The summed E-state index contributed by atoms with van der Waals surface area (Å²) in [6, 6.07) is 15.1. The predicted octanol–water partition coefficient (Wildman–Crippen LogP) is 4.27. The number of methoxy groups -OCH3 is 1. The monoisotopic (exact) mass is 476 g/mol. The molecule has 0 N–H and O–H groups in total. The first kappa shape index (κ1) is 24.0. The van der Waals surface area contributed by atoms with Crippen LogP contribution in [-0.2, 0) is 22.6 Å². The summed E-state index contributed by atoms with van der Waals surface area (Å²) in [5.74, 6) is -0.240. The molecule has 0 aliphatic heterocycles. The van der Waals surface area contributed by atoms with Gasteiger partial charge in [-0.3, -0.25) is 0 Å². The average Bonchev–Trinajstić information content (AvgIpc) is 3.41. The SMILES string of the molecule is CCOC(=O)c1nnn(CCn2c(C)c(C(=O)OCC)c3cc(OC)ccc32)c1-c1ccccc1. The number of hydrogen-bond acceptors (Lipinski definition) is 7. The summed E-state index contributed by atoms with van der Waals surface area (Å²) in [5.41, 5.74) is 3.73. The molecule has 0 spiro atoms.